The molecule has 3 N–H and O–H groups in total. The Labute approximate surface area is 155 Å². The molecule has 0 aromatic heterocycles. The highest BCUT2D eigenvalue weighted by Gasteiger charge is 2.22. The van der Waals surface area contributed by atoms with Crippen molar-refractivity contribution in [1.29, 1.82) is 0 Å². The van der Waals surface area contributed by atoms with Crippen molar-refractivity contribution in [2.45, 2.75) is 38.3 Å². The maximum absolute atomic E-state index is 11.9. The number of hydrogen-bond donors (Lipinski definition) is 3. The van der Waals surface area contributed by atoms with Gasteiger partial charge < -0.3 is 20.9 Å². The van der Waals surface area contributed by atoms with Crippen molar-refractivity contribution in [2.75, 3.05) is 27.7 Å². The van der Waals surface area contributed by atoms with Gasteiger partial charge in [-0.2, -0.15) is 0 Å². The molecule has 0 aliphatic heterocycles. The summed E-state index contributed by atoms with van der Waals surface area (Å²) in [7, 11) is 5.19. The second-order valence-corrected chi connectivity index (χ2v) is 6.69. The average Bonchev–Trinajstić information content (AvgIpc) is 3.44. The molecular weight excluding hydrogens is 330 g/mol. The van der Waals surface area contributed by atoms with E-state index in [1.54, 1.807) is 26.0 Å². The summed E-state index contributed by atoms with van der Waals surface area (Å²) in [6.45, 7) is 1.30. The molecule has 0 spiro atoms. The van der Waals surface area contributed by atoms with E-state index in [4.69, 9.17) is 0 Å². The summed E-state index contributed by atoms with van der Waals surface area (Å²) >= 11 is 0. The molecule has 2 amide bonds. The van der Waals surface area contributed by atoms with Crippen LogP contribution < -0.4 is 16.0 Å². The molecule has 0 heterocycles. The van der Waals surface area contributed by atoms with E-state index in [0.29, 0.717) is 37.1 Å². The van der Waals surface area contributed by atoms with Crippen molar-refractivity contribution in [3.8, 4) is 0 Å². The van der Waals surface area contributed by atoms with E-state index in [2.05, 4.69) is 20.9 Å². The Kier molecular flexibility index (Phi) is 7.44. The highest BCUT2D eigenvalue weighted by molar-refractivity contribution is 5.93. The van der Waals surface area contributed by atoms with Crippen molar-refractivity contribution < 1.29 is 9.59 Å². The Hall–Kier alpha value is -2.57. The Balaban J connectivity index is 1.67. The molecule has 1 saturated carbocycles. The monoisotopic (exact) mass is 359 g/mol. The van der Waals surface area contributed by atoms with Crippen molar-refractivity contribution in [3.63, 3.8) is 0 Å². The summed E-state index contributed by atoms with van der Waals surface area (Å²) in [4.78, 5) is 29.2. The molecule has 1 aromatic rings. The van der Waals surface area contributed by atoms with Gasteiger partial charge in [-0.25, -0.2) is 0 Å². The van der Waals surface area contributed by atoms with Crippen LogP contribution in [0.25, 0.3) is 0 Å². The first-order valence-electron chi connectivity index (χ1n) is 9.04. The molecule has 0 atom stereocenters. The molecule has 1 aromatic carbocycles. The summed E-state index contributed by atoms with van der Waals surface area (Å²) in [5.74, 6) is 0.818. The van der Waals surface area contributed by atoms with Gasteiger partial charge in [-0.15, -0.1) is 0 Å². The zero-order valence-electron chi connectivity index (χ0n) is 15.8. The van der Waals surface area contributed by atoms with Gasteiger partial charge in [-0.3, -0.25) is 14.6 Å². The maximum atomic E-state index is 11.9. The SMILES string of the molecule is CN=C(NCCCC(=O)NC1CC1)NCc1ccc(C(=O)N(C)C)cc1. The molecule has 142 valence electrons. The first-order valence-corrected chi connectivity index (χ1v) is 9.04. The Morgan fingerprint density at radius 3 is 2.42 bits per heavy atom. The zero-order chi connectivity index (χ0) is 18.9. The molecule has 1 aliphatic rings. The Morgan fingerprint density at radius 2 is 1.85 bits per heavy atom. The quantitative estimate of drug-likeness (QED) is 0.369. The average molecular weight is 359 g/mol. The topological polar surface area (TPSA) is 85.8 Å². The molecular formula is C19H29N5O2. The van der Waals surface area contributed by atoms with Gasteiger partial charge in [0.05, 0.1) is 0 Å². The van der Waals surface area contributed by atoms with Gasteiger partial charge in [0.25, 0.3) is 5.91 Å². The zero-order valence-corrected chi connectivity index (χ0v) is 15.8. The fourth-order valence-electron chi connectivity index (χ4n) is 2.41. The molecule has 0 unspecified atom stereocenters. The number of aliphatic imine (C=N–C) groups is 1. The fourth-order valence-corrected chi connectivity index (χ4v) is 2.41. The lowest BCUT2D eigenvalue weighted by molar-refractivity contribution is -0.121. The highest BCUT2D eigenvalue weighted by atomic mass is 16.2. The number of hydrogen-bond acceptors (Lipinski definition) is 3. The first-order chi connectivity index (χ1) is 12.5. The predicted octanol–water partition coefficient (Wildman–Crippen LogP) is 1.11. The lowest BCUT2D eigenvalue weighted by atomic mass is 10.1. The van der Waals surface area contributed by atoms with Crippen LogP contribution in [0.2, 0.25) is 0 Å². The Bertz CT molecular complexity index is 636. The lowest BCUT2D eigenvalue weighted by Crippen LogP contribution is -2.37. The highest BCUT2D eigenvalue weighted by Crippen LogP contribution is 2.18. The van der Waals surface area contributed by atoms with Crippen molar-refractivity contribution in [2.24, 2.45) is 4.99 Å². The van der Waals surface area contributed by atoms with Crippen LogP contribution in [-0.2, 0) is 11.3 Å². The van der Waals surface area contributed by atoms with Crippen LogP contribution in [0.3, 0.4) is 0 Å². The van der Waals surface area contributed by atoms with Gasteiger partial charge in [0, 0.05) is 52.3 Å². The molecule has 0 saturated heterocycles. The largest absolute Gasteiger partial charge is 0.356 e. The number of nitrogens with zero attached hydrogens (tertiary/aromatic N) is 2. The third-order valence-electron chi connectivity index (χ3n) is 4.11. The minimum Gasteiger partial charge on any atom is -0.356 e. The fraction of sp³-hybridized carbons (Fsp3) is 0.526. The summed E-state index contributed by atoms with van der Waals surface area (Å²) in [5.41, 5.74) is 1.73. The second kappa shape index (κ2) is 9.79. The van der Waals surface area contributed by atoms with E-state index in [1.165, 1.54) is 0 Å². The summed E-state index contributed by atoms with van der Waals surface area (Å²) in [6, 6.07) is 7.94. The number of amides is 2. The van der Waals surface area contributed by atoms with E-state index in [1.807, 2.05) is 24.3 Å². The van der Waals surface area contributed by atoms with E-state index < -0.39 is 0 Å². The van der Waals surface area contributed by atoms with E-state index in [-0.39, 0.29) is 11.8 Å². The standard InChI is InChI=1S/C19H29N5O2/c1-20-19(21-12-4-5-17(25)23-16-10-11-16)22-13-14-6-8-15(9-7-14)18(26)24(2)3/h6-9,16H,4-5,10-13H2,1-3H3,(H,23,25)(H2,20,21,22). The summed E-state index contributed by atoms with van der Waals surface area (Å²) in [5, 5.41) is 9.42. The van der Waals surface area contributed by atoms with Gasteiger partial charge in [-0.05, 0) is 37.0 Å². The molecule has 26 heavy (non-hydrogen) atoms. The molecule has 1 fully saturated rings. The predicted molar refractivity (Wildman–Crippen MR) is 103 cm³/mol. The molecule has 7 heteroatoms. The van der Waals surface area contributed by atoms with E-state index in [9.17, 15) is 9.59 Å². The van der Waals surface area contributed by atoms with Crippen LogP contribution >= 0.6 is 0 Å². The number of guanidine groups is 1. The van der Waals surface area contributed by atoms with Gasteiger partial charge in [0.1, 0.15) is 0 Å². The third kappa shape index (κ3) is 6.74. The van der Waals surface area contributed by atoms with Gasteiger partial charge in [0.15, 0.2) is 5.96 Å². The molecule has 1 aliphatic carbocycles. The van der Waals surface area contributed by atoms with Crippen LogP contribution in [0, 0.1) is 0 Å². The number of carbonyl (C=O) groups excluding carboxylic acids is 2. The lowest BCUT2D eigenvalue weighted by Gasteiger charge is -2.13. The molecule has 7 nitrogen and oxygen atoms in total. The third-order valence-corrected chi connectivity index (χ3v) is 4.11. The van der Waals surface area contributed by atoms with Crippen molar-refractivity contribution in [3.05, 3.63) is 35.4 Å². The maximum Gasteiger partial charge on any atom is 0.253 e. The van der Waals surface area contributed by atoms with Gasteiger partial charge in [-0.1, -0.05) is 12.1 Å². The minimum atomic E-state index is -0.00675. The van der Waals surface area contributed by atoms with Crippen LogP contribution in [-0.4, -0.2) is 56.4 Å². The van der Waals surface area contributed by atoms with E-state index in [0.717, 1.165) is 24.8 Å². The van der Waals surface area contributed by atoms with Crippen molar-refractivity contribution >= 4 is 17.8 Å². The van der Waals surface area contributed by atoms with Gasteiger partial charge in [0.2, 0.25) is 5.91 Å². The number of benzene rings is 1. The van der Waals surface area contributed by atoms with Gasteiger partial charge >= 0.3 is 0 Å². The number of nitrogens with one attached hydrogen (secondary N) is 3. The first kappa shape index (κ1) is 19.8. The second-order valence-electron chi connectivity index (χ2n) is 6.69. The van der Waals surface area contributed by atoms with E-state index >= 15 is 0 Å². The number of carbonyl (C=O) groups is 2. The normalized spacial score (nSPS) is 13.9. The number of rotatable bonds is 8. The molecule has 0 radical (unpaired) electrons. The Morgan fingerprint density at radius 1 is 1.15 bits per heavy atom. The minimum absolute atomic E-state index is 0.00675. The van der Waals surface area contributed by atoms with Crippen LogP contribution in [0.1, 0.15) is 41.6 Å². The smallest absolute Gasteiger partial charge is 0.253 e. The van der Waals surface area contributed by atoms with Crippen LogP contribution in [0.15, 0.2) is 29.3 Å². The summed E-state index contributed by atoms with van der Waals surface area (Å²) in [6.07, 6.45) is 3.53. The van der Waals surface area contributed by atoms with Crippen LogP contribution in [0.4, 0.5) is 0 Å². The molecule has 0 bridgehead atoms. The summed E-state index contributed by atoms with van der Waals surface area (Å²) < 4.78 is 0. The van der Waals surface area contributed by atoms with Crippen LogP contribution in [0.5, 0.6) is 0 Å². The van der Waals surface area contributed by atoms with Crippen molar-refractivity contribution in [1.82, 2.24) is 20.9 Å². The molecule has 2 rings (SSSR count).